The van der Waals surface area contributed by atoms with Crippen molar-refractivity contribution in [2.75, 3.05) is 19.8 Å². The highest BCUT2D eigenvalue weighted by atomic mass is 16.6. The fourth-order valence-electron chi connectivity index (χ4n) is 4.24. The first-order chi connectivity index (χ1) is 13.9. The zero-order valence-electron chi connectivity index (χ0n) is 15.9. The van der Waals surface area contributed by atoms with Gasteiger partial charge in [0.15, 0.2) is 11.5 Å². The average Bonchev–Trinajstić information content (AvgIpc) is 3.23. The van der Waals surface area contributed by atoms with Gasteiger partial charge in [0.05, 0.1) is 0 Å². The Morgan fingerprint density at radius 3 is 2.43 bits per heavy atom. The smallest absolute Gasteiger partial charge is 0.161 e. The maximum Gasteiger partial charge on any atom is 0.161 e. The van der Waals surface area contributed by atoms with Crippen molar-refractivity contribution in [1.82, 2.24) is 9.88 Å². The van der Waals surface area contributed by atoms with Gasteiger partial charge in [-0.2, -0.15) is 0 Å². The summed E-state index contributed by atoms with van der Waals surface area (Å²) in [6, 6.07) is 19.9. The van der Waals surface area contributed by atoms with Gasteiger partial charge in [0.2, 0.25) is 0 Å². The summed E-state index contributed by atoms with van der Waals surface area (Å²) >= 11 is 0. The minimum absolute atomic E-state index is 0.440. The molecule has 4 heteroatoms. The number of hydrogen-bond acceptors (Lipinski definition) is 4. The molecule has 2 aromatic carbocycles. The van der Waals surface area contributed by atoms with Gasteiger partial charge >= 0.3 is 0 Å². The number of likely N-dealkylation sites (tertiary alicyclic amines) is 1. The third-order valence-corrected chi connectivity index (χ3v) is 5.67. The minimum atomic E-state index is 0.440. The van der Waals surface area contributed by atoms with Crippen LogP contribution in [0.3, 0.4) is 0 Å². The zero-order chi connectivity index (χ0) is 18.8. The predicted molar refractivity (Wildman–Crippen MR) is 109 cm³/mol. The van der Waals surface area contributed by atoms with Crippen LogP contribution in [0.15, 0.2) is 67.0 Å². The van der Waals surface area contributed by atoms with Gasteiger partial charge in [-0.1, -0.05) is 30.3 Å². The average molecular weight is 372 g/mol. The molecule has 28 heavy (non-hydrogen) atoms. The number of rotatable bonds is 4. The van der Waals surface area contributed by atoms with E-state index in [0.29, 0.717) is 19.3 Å². The predicted octanol–water partition coefficient (Wildman–Crippen LogP) is 4.86. The molecule has 2 aliphatic heterocycles. The van der Waals surface area contributed by atoms with Crippen LogP contribution in [-0.2, 0) is 6.54 Å². The van der Waals surface area contributed by atoms with E-state index in [0.717, 1.165) is 24.6 Å². The van der Waals surface area contributed by atoms with Crippen LogP contribution in [-0.4, -0.2) is 29.6 Å². The number of hydrogen-bond donors (Lipinski definition) is 0. The number of ether oxygens (including phenoxy) is 2. The Balaban J connectivity index is 1.32. The van der Waals surface area contributed by atoms with Gasteiger partial charge in [-0.05, 0) is 65.9 Å². The first kappa shape index (κ1) is 17.3. The second kappa shape index (κ2) is 7.64. The lowest BCUT2D eigenvalue weighted by Crippen LogP contribution is -2.23. The second-order valence-corrected chi connectivity index (χ2v) is 7.46. The van der Waals surface area contributed by atoms with Crippen molar-refractivity contribution in [3.8, 4) is 22.6 Å². The fraction of sp³-hybridized carbons (Fsp3) is 0.292. The highest BCUT2D eigenvalue weighted by Gasteiger charge is 2.27. The fourth-order valence-corrected chi connectivity index (χ4v) is 4.24. The van der Waals surface area contributed by atoms with Crippen molar-refractivity contribution in [2.24, 2.45) is 0 Å². The van der Waals surface area contributed by atoms with Crippen LogP contribution < -0.4 is 9.47 Å². The van der Waals surface area contributed by atoms with Crippen molar-refractivity contribution in [3.63, 3.8) is 0 Å². The van der Waals surface area contributed by atoms with E-state index in [4.69, 9.17) is 9.47 Å². The molecule has 0 radical (unpaired) electrons. The third-order valence-electron chi connectivity index (χ3n) is 5.67. The first-order valence-corrected chi connectivity index (χ1v) is 10.00. The van der Waals surface area contributed by atoms with E-state index >= 15 is 0 Å². The van der Waals surface area contributed by atoms with E-state index in [1.165, 1.54) is 35.1 Å². The van der Waals surface area contributed by atoms with Crippen molar-refractivity contribution >= 4 is 0 Å². The number of nitrogens with zero attached hydrogens (tertiary/aromatic N) is 2. The molecule has 2 aliphatic rings. The van der Waals surface area contributed by atoms with E-state index in [9.17, 15) is 0 Å². The molecular formula is C24H24N2O2. The van der Waals surface area contributed by atoms with Gasteiger partial charge in [-0.15, -0.1) is 0 Å². The van der Waals surface area contributed by atoms with Gasteiger partial charge < -0.3 is 9.47 Å². The molecule has 0 N–H and O–H groups in total. The summed E-state index contributed by atoms with van der Waals surface area (Å²) in [7, 11) is 0. The largest absolute Gasteiger partial charge is 0.486 e. The van der Waals surface area contributed by atoms with Crippen molar-refractivity contribution in [3.05, 3.63) is 78.1 Å². The minimum Gasteiger partial charge on any atom is -0.486 e. The highest BCUT2D eigenvalue weighted by molar-refractivity contribution is 5.62. The van der Waals surface area contributed by atoms with E-state index in [1.54, 1.807) is 0 Å². The molecule has 3 aromatic rings. The normalized spacial score (nSPS) is 18.9. The van der Waals surface area contributed by atoms with Crippen LogP contribution >= 0.6 is 0 Å². The van der Waals surface area contributed by atoms with E-state index in [1.807, 2.05) is 24.5 Å². The highest BCUT2D eigenvalue weighted by Crippen LogP contribution is 2.38. The monoisotopic (exact) mass is 372 g/mol. The summed E-state index contributed by atoms with van der Waals surface area (Å²) in [5.74, 6) is 1.75. The maximum atomic E-state index is 5.78. The Bertz CT molecular complexity index is 941. The van der Waals surface area contributed by atoms with Crippen molar-refractivity contribution in [2.45, 2.75) is 25.4 Å². The molecule has 0 saturated carbocycles. The van der Waals surface area contributed by atoms with Crippen LogP contribution in [0.4, 0.5) is 0 Å². The summed E-state index contributed by atoms with van der Waals surface area (Å²) in [6.07, 6.45) is 6.10. The lowest BCUT2D eigenvalue weighted by Gasteiger charge is -2.26. The Morgan fingerprint density at radius 2 is 1.61 bits per heavy atom. The van der Waals surface area contributed by atoms with Crippen LogP contribution in [0.25, 0.3) is 11.1 Å². The van der Waals surface area contributed by atoms with Crippen LogP contribution in [0.1, 0.15) is 30.0 Å². The summed E-state index contributed by atoms with van der Waals surface area (Å²) in [6.45, 7) is 3.37. The molecule has 3 heterocycles. The number of aromatic nitrogens is 1. The Hall–Kier alpha value is -2.85. The van der Waals surface area contributed by atoms with Crippen LogP contribution in [0.5, 0.6) is 11.5 Å². The van der Waals surface area contributed by atoms with E-state index in [-0.39, 0.29) is 0 Å². The first-order valence-electron chi connectivity index (χ1n) is 10.00. The van der Waals surface area contributed by atoms with Gasteiger partial charge in [0, 0.05) is 25.0 Å². The second-order valence-electron chi connectivity index (χ2n) is 7.46. The summed E-state index contributed by atoms with van der Waals surface area (Å²) in [4.78, 5) is 6.67. The van der Waals surface area contributed by atoms with E-state index in [2.05, 4.69) is 52.3 Å². The van der Waals surface area contributed by atoms with Crippen molar-refractivity contribution < 1.29 is 9.47 Å². The Morgan fingerprint density at radius 1 is 0.857 bits per heavy atom. The molecule has 0 amide bonds. The summed E-state index contributed by atoms with van der Waals surface area (Å²) in [5, 5.41) is 0. The molecule has 0 aliphatic carbocycles. The molecular weight excluding hydrogens is 348 g/mol. The van der Waals surface area contributed by atoms with Crippen LogP contribution in [0, 0.1) is 0 Å². The van der Waals surface area contributed by atoms with Gasteiger partial charge in [0.25, 0.3) is 0 Å². The standard InChI is InChI=1S/C24H24N2O2/c1-2-22(21-7-8-23-24(16-21)28-15-14-27-23)26(13-1)17-18-3-5-19(6-4-18)20-9-11-25-12-10-20/h3-12,16,22H,1-2,13-15,17H2/t22-/m1/s1. The molecule has 1 saturated heterocycles. The molecule has 4 nitrogen and oxygen atoms in total. The van der Waals surface area contributed by atoms with E-state index < -0.39 is 0 Å². The number of fused-ring (bicyclic) bond motifs is 1. The summed E-state index contributed by atoms with van der Waals surface area (Å²) in [5.41, 5.74) is 5.12. The number of pyridine rings is 1. The summed E-state index contributed by atoms with van der Waals surface area (Å²) < 4.78 is 11.5. The van der Waals surface area contributed by atoms with Gasteiger partial charge in [-0.3, -0.25) is 9.88 Å². The molecule has 142 valence electrons. The number of benzene rings is 2. The molecule has 5 rings (SSSR count). The van der Waals surface area contributed by atoms with Gasteiger partial charge in [0.1, 0.15) is 13.2 Å². The lowest BCUT2D eigenvalue weighted by molar-refractivity contribution is 0.170. The third kappa shape index (κ3) is 3.48. The molecule has 1 fully saturated rings. The molecule has 0 unspecified atom stereocenters. The lowest BCUT2D eigenvalue weighted by atomic mass is 10.0. The molecule has 0 spiro atoms. The van der Waals surface area contributed by atoms with Gasteiger partial charge in [-0.25, -0.2) is 0 Å². The maximum absolute atomic E-state index is 5.78. The Kier molecular flexibility index (Phi) is 4.71. The SMILES string of the molecule is c1cc(-c2ccc(CN3CCC[C@@H]3c3ccc4c(c3)OCCO4)cc2)ccn1. The van der Waals surface area contributed by atoms with Crippen molar-refractivity contribution in [1.29, 1.82) is 0 Å². The topological polar surface area (TPSA) is 34.6 Å². The molecule has 0 bridgehead atoms. The zero-order valence-corrected chi connectivity index (χ0v) is 15.9. The molecule has 1 atom stereocenters. The Labute approximate surface area is 165 Å². The molecule has 1 aromatic heterocycles. The van der Waals surface area contributed by atoms with Crippen LogP contribution in [0.2, 0.25) is 0 Å². The quantitative estimate of drug-likeness (QED) is 0.655.